The molecule has 0 unspecified atom stereocenters. The van der Waals surface area contributed by atoms with Gasteiger partial charge in [0.2, 0.25) is 0 Å². The Bertz CT molecular complexity index is 862. The predicted molar refractivity (Wildman–Crippen MR) is 97.7 cm³/mol. The maximum absolute atomic E-state index is 12.5. The van der Waals surface area contributed by atoms with E-state index >= 15 is 0 Å². The van der Waals surface area contributed by atoms with Crippen molar-refractivity contribution in [2.75, 3.05) is 5.32 Å². The van der Waals surface area contributed by atoms with E-state index in [0.717, 1.165) is 27.0 Å². The summed E-state index contributed by atoms with van der Waals surface area (Å²) in [7, 11) is 0. The third-order valence-corrected chi connectivity index (χ3v) is 5.18. The predicted octanol–water partition coefficient (Wildman–Crippen LogP) is 4.87. The Morgan fingerprint density at radius 2 is 1.87 bits per heavy atom. The summed E-state index contributed by atoms with van der Waals surface area (Å²) < 4.78 is 2.57. The summed E-state index contributed by atoms with van der Waals surface area (Å²) in [5, 5.41) is 9.35. The van der Waals surface area contributed by atoms with Crippen molar-refractivity contribution in [2.24, 2.45) is 0 Å². The number of nitrogens with one attached hydrogen (secondary N) is 1. The fraction of sp³-hybridized carbons (Fsp3) is 0.176. The van der Waals surface area contributed by atoms with Gasteiger partial charge >= 0.3 is 0 Å². The van der Waals surface area contributed by atoms with Crippen LogP contribution in [0, 0.1) is 20.8 Å². The Hall–Kier alpha value is -1.92. The zero-order valence-electron chi connectivity index (χ0n) is 13.1. The first-order valence-electron chi connectivity index (χ1n) is 7.14. The molecule has 0 aliphatic heterocycles. The lowest BCUT2D eigenvalue weighted by Crippen LogP contribution is -2.14. The van der Waals surface area contributed by atoms with Crippen LogP contribution in [-0.2, 0) is 0 Å². The van der Waals surface area contributed by atoms with Gasteiger partial charge in [0.1, 0.15) is 10.7 Å². The molecule has 0 fully saturated rings. The van der Waals surface area contributed by atoms with Crippen LogP contribution in [0.3, 0.4) is 0 Å². The molecule has 0 radical (unpaired) electrons. The number of hydrogen-bond acceptors (Lipinski definition) is 3. The van der Waals surface area contributed by atoms with Crippen LogP contribution in [0.2, 0.25) is 0 Å². The number of halogens is 1. The number of nitrogens with zero attached hydrogens (tertiary/aromatic N) is 2. The number of anilines is 1. The zero-order valence-corrected chi connectivity index (χ0v) is 15.5. The minimum Gasteiger partial charge on any atom is -0.306 e. The SMILES string of the molecule is Cc1cc(C)cc(-n2nc(C)cc2NC(=O)c2sccc2Br)c1. The highest BCUT2D eigenvalue weighted by Crippen LogP contribution is 2.25. The number of amides is 1. The highest BCUT2D eigenvalue weighted by Gasteiger charge is 2.16. The van der Waals surface area contributed by atoms with Gasteiger partial charge in [-0.25, -0.2) is 4.68 Å². The first kappa shape index (κ1) is 16.0. The molecule has 3 aromatic rings. The Morgan fingerprint density at radius 3 is 2.48 bits per heavy atom. The summed E-state index contributed by atoms with van der Waals surface area (Å²) >= 11 is 4.80. The maximum Gasteiger partial charge on any atom is 0.268 e. The second-order valence-corrected chi connectivity index (χ2v) is 7.25. The second kappa shape index (κ2) is 6.29. The van der Waals surface area contributed by atoms with Crippen LogP contribution in [0.4, 0.5) is 5.82 Å². The molecule has 0 saturated carbocycles. The van der Waals surface area contributed by atoms with Crippen molar-refractivity contribution < 1.29 is 4.79 Å². The van der Waals surface area contributed by atoms with E-state index in [1.165, 1.54) is 11.3 Å². The Kier molecular flexibility index (Phi) is 4.37. The van der Waals surface area contributed by atoms with Gasteiger partial charge in [-0.2, -0.15) is 5.10 Å². The van der Waals surface area contributed by atoms with Crippen molar-refractivity contribution in [3.8, 4) is 5.69 Å². The molecule has 0 aliphatic rings. The fourth-order valence-corrected chi connectivity index (χ4v) is 3.93. The molecule has 0 aliphatic carbocycles. The monoisotopic (exact) mass is 389 g/mol. The molecule has 0 bridgehead atoms. The highest BCUT2D eigenvalue weighted by atomic mass is 79.9. The average Bonchev–Trinajstić information content (AvgIpc) is 3.03. The molecule has 1 N–H and O–H groups in total. The van der Waals surface area contributed by atoms with E-state index in [-0.39, 0.29) is 5.91 Å². The molecule has 3 rings (SSSR count). The van der Waals surface area contributed by atoms with Crippen LogP contribution in [0.25, 0.3) is 5.69 Å². The molecule has 23 heavy (non-hydrogen) atoms. The van der Waals surface area contributed by atoms with Crippen LogP contribution in [-0.4, -0.2) is 15.7 Å². The Balaban J connectivity index is 1.98. The average molecular weight is 390 g/mol. The van der Waals surface area contributed by atoms with Gasteiger partial charge in [0.15, 0.2) is 0 Å². The largest absolute Gasteiger partial charge is 0.306 e. The van der Waals surface area contributed by atoms with E-state index in [2.05, 4.69) is 44.5 Å². The molecule has 1 amide bonds. The Morgan fingerprint density at radius 1 is 1.17 bits per heavy atom. The summed E-state index contributed by atoms with van der Waals surface area (Å²) in [6.07, 6.45) is 0. The lowest BCUT2D eigenvalue weighted by Gasteiger charge is -2.10. The lowest BCUT2D eigenvalue weighted by molar-refractivity contribution is 0.102. The van der Waals surface area contributed by atoms with Crippen molar-refractivity contribution in [3.63, 3.8) is 0 Å². The molecule has 118 valence electrons. The van der Waals surface area contributed by atoms with Crippen molar-refractivity contribution in [3.05, 3.63) is 61.9 Å². The van der Waals surface area contributed by atoms with Gasteiger partial charge in [-0.15, -0.1) is 11.3 Å². The maximum atomic E-state index is 12.5. The van der Waals surface area contributed by atoms with Crippen molar-refractivity contribution >= 4 is 39.0 Å². The first-order valence-corrected chi connectivity index (χ1v) is 8.81. The van der Waals surface area contributed by atoms with E-state index in [1.54, 1.807) is 4.68 Å². The summed E-state index contributed by atoms with van der Waals surface area (Å²) in [4.78, 5) is 13.1. The van der Waals surface area contributed by atoms with Crippen LogP contribution in [0.5, 0.6) is 0 Å². The number of aryl methyl sites for hydroxylation is 3. The molecule has 0 saturated heterocycles. The number of hydrogen-bond donors (Lipinski definition) is 1. The second-order valence-electron chi connectivity index (χ2n) is 5.48. The van der Waals surface area contributed by atoms with Gasteiger partial charge < -0.3 is 5.32 Å². The normalized spacial score (nSPS) is 10.8. The number of carbonyl (C=O) groups excluding carboxylic acids is 1. The molecule has 2 heterocycles. The third-order valence-electron chi connectivity index (χ3n) is 3.35. The smallest absolute Gasteiger partial charge is 0.268 e. The molecular formula is C17H16BrN3OS. The summed E-state index contributed by atoms with van der Waals surface area (Å²) in [5.41, 5.74) is 4.11. The topological polar surface area (TPSA) is 46.9 Å². The summed E-state index contributed by atoms with van der Waals surface area (Å²) in [6, 6.07) is 9.95. The first-order chi connectivity index (χ1) is 10.9. The van der Waals surface area contributed by atoms with Gasteiger partial charge in [-0.05, 0) is 71.4 Å². The van der Waals surface area contributed by atoms with Gasteiger partial charge in [0.25, 0.3) is 5.91 Å². The molecule has 1 aromatic carbocycles. The van der Waals surface area contributed by atoms with E-state index in [1.807, 2.05) is 38.3 Å². The number of rotatable bonds is 3. The van der Waals surface area contributed by atoms with Crippen molar-refractivity contribution in [1.29, 1.82) is 0 Å². The Labute approximate surface area is 147 Å². The molecule has 4 nitrogen and oxygen atoms in total. The zero-order chi connectivity index (χ0) is 16.6. The van der Waals surface area contributed by atoms with Crippen LogP contribution >= 0.6 is 27.3 Å². The highest BCUT2D eigenvalue weighted by molar-refractivity contribution is 9.10. The standard InChI is InChI=1S/C17H16BrN3OS/c1-10-6-11(2)8-13(7-10)21-15(9-12(3)20-21)19-17(22)16-14(18)4-5-23-16/h4-9H,1-3H3,(H,19,22). The molecule has 2 aromatic heterocycles. The van der Waals surface area contributed by atoms with Crippen LogP contribution in [0.1, 0.15) is 26.5 Å². The molecular weight excluding hydrogens is 374 g/mol. The van der Waals surface area contributed by atoms with Gasteiger partial charge in [0.05, 0.1) is 11.4 Å². The number of benzene rings is 1. The summed E-state index contributed by atoms with van der Waals surface area (Å²) in [6.45, 7) is 6.01. The van der Waals surface area contributed by atoms with Crippen molar-refractivity contribution in [2.45, 2.75) is 20.8 Å². The number of thiophene rings is 1. The minimum absolute atomic E-state index is 0.141. The van der Waals surface area contributed by atoms with E-state index in [9.17, 15) is 4.79 Å². The van der Waals surface area contributed by atoms with E-state index in [4.69, 9.17) is 0 Å². The van der Waals surface area contributed by atoms with Gasteiger partial charge in [-0.1, -0.05) is 6.07 Å². The van der Waals surface area contributed by atoms with E-state index < -0.39 is 0 Å². The fourth-order valence-electron chi connectivity index (χ4n) is 2.49. The quantitative estimate of drug-likeness (QED) is 0.693. The van der Waals surface area contributed by atoms with Crippen LogP contribution in [0.15, 0.2) is 40.2 Å². The lowest BCUT2D eigenvalue weighted by atomic mass is 10.1. The molecule has 6 heteroatoms. The summed E-state index contributed by atoms with van der Waals surface area (Å²) in [5.74, 6) is 0.523. The molecule has 0 atom stereocenters. The molecule has 0 spiro atoms. The van der Waals surface area contributed by atoms with Gasteiger partial charge in [0, 0.05) is 10.5 Å². The third kappa shape index (κ3) is 3.38. The number of aromatic nitrogens is 2. The van der Waals surface area contributed by atoms with E-state index in [0.29, 0.717) is 10.7 Å². The number of carbonyl (C=O) groups is 1. The van der Waals surface area contributed by atoms with Crippen molar-refractivity contribution in [1.82, 2.24) is 9.78 Å². The minimum atomic E-state index is -0.141. The van der Waals surface area contributed by atoms with Crippen LogP contribution < -0.4 is 5.32 Å². The van der Waals surface area contributed by atoms with Gasteiger partial charge in [-0.3, -0.25) is 4.79 Å².